The molecule has 1 aliphatic carbocycles. The van der Waals surface area contributed by atoms with Crippen LogP contribution < -0.4 is 5.73 Å². The van der Waals surface area contributed by atoms with E-state index < -0.39 is 12.6 Å². The van der Waals surface area contributed by atoms with Crippen molar-refractivity contribution in [1.82, 2.24) is 0 Å². The van der Waals surface area contributed by atoms with Gasteiger partial charge in [0.2, 0.25) is 0 Å². The van der Waals surface area contributed by atoms with E-state index in [-0.39, 0.29) is 16.7 Å². The Hall–Kier alpha value is -2.95. The molecule has 0 heterocycles. The number of allylic oxidation sites excluding steroid dienone is 6. The Labute approximate surface area is 273 Å². The molecule has 45 heavy (non-hydrogen) atoms. The number of esters is 1. The second kappa shape index (κ2) is 16.6. The highest BCUT2D eigenvalue weighted by atomic mass is 16.5. The predicted molar refractivity (Wildman–Crippen MR) is 191 cm³/mol. The van der Waals surface area contributed by atoms with Crippen LogP contribution in [0.3, 0.4) is 0 Å². The van der Waals surface area contributed by atoms with Gasteiger partial charge in [0.1, 0.15) is 6.61 Å². The van der Waals surface area contributed by atoms with Crippen molar-refractivity contribution < 1.29 is 14.6 Å². The molecule has 2 aromatic rings. The molecular formula is C41H59NO3. The average Bonchev–Trinajstić information content (AvgIpc) is 3.02. The molecule has 3 atom stereocenters. The molecule has 2 aromatic carbocycles. The molecule has 0 aromatic heterocycles. The fourth-order valence-corrected chi connectivity index (χ4v) is 6.80. The zero-order valence-electron chi connectivity index (χ0n) is 29.3. The van der Waals surface area contributed by atoms with Gasteiger partial charge in [-0.1, -0.05) is 141 Å². The zero-order chi connectivity index (χ0) is 33.2. The summed E-state index contributed by atoms with van der Waals surface area (Å²) in [6.45, 7) is 18.6. The fourth-order valence-electron chi connectivity index (χ4n) is 6.80. The Morgan fingerprint density at radius 1 is 0.867 bits per heavy atom. The fraction of sp³-hybridized carbons (Fsp3) is 0.537. The van der Waals surface area contributed by atoms with Crippen molar-refractivity contribution in [1.29, 1.82) is 0 Å². The van der Waals surface area contributed by atoms with Crippen LogP contribution in [0.5, 0.6) is 0 Å². The second-order valence-electron chi connectivity index (χ2n) is 14.7. The molecule has 0 fully saturated rings. The van der Waals surface area contributed by atoms with E-state index >= 15 is 0 Å². The van der Waals surface area contributed by atoms with E-state index in [2.05, 4.69) is 122 Å². The molecule has 0 saturated heterocycles. The molecule has 3 N–H and O–H groups in total. The number of nitrogens with two attached hydrogens (primary N) is 1. The number of carbonyl (C=O) groups is 1. The molecule has 246 valence electrons. The molecule has 0 radical (unpaired) electrons. The van der Waals surface area contributed by atoms with Gasteiger partial charge in [-0.2, -0.15) is 0 Å². The average molecular weight is 614 g/mol. The monoisotopic (exact) mass is 613 g/mol. The van der Waals surface area contributed by atoms with E-state index in [1.165, 1.54) is 39.0 Å². The molecule has 0 bridgehead atoms. The largest absolute Gasteiger partial charge is 0.464 e. The van der Waals surface area contributed by atoms with Crippen molar-refractivity contribution in [2.24, 2.45) is 23.5 Å². The number of unbranched alkanes of at least 4 members (excludes halogenated alkanes) is 3. The Kier molecular flexibility index (Phi) is 13.4. The van der Waals surface area contributed by atoms with Crippen LogP contribution in [0.15, 0.2) is 72.3 Å². The van der Waals surface area contributed by atoms with Crippen LogP contribution in [0.1, 0.15) is 116 Å². The van der Waals surface area contributed by atoms with Crippen LogP contribution in [0, 0.1) is 17.8 Å². The number of aliphatic hydroxyl groups is 1. The molecule has 0 amide bonds. The minimum Gasteiger partial charge on any atom is -0.464 e. The predicted octanol–water partition coefficient (Wildman–Crippen LogP) is 9.41. The van der Waals surface area contributed by atoms with E-state index in [1.54, 1.807) is 0 Å². The minimum absolute atomic E-state index is 0.108. The van der Waals surface area contributed by atoms with Crippen molar-refractivity contribution in [2.75, 3.05) is 19.8 Å². The van der Waals surface area contributed by atoms with Gasteiger partial charge in [0.15, 0.2) is 0 Å². The standard InChI is InChI=1S/C41H59NO3/c1-9-34(31(27-42)15-13-11-12-14-26-45-38(44)28-43)39-35(10-2)36(29-16-20-32(21-17-29)40(3,4)5)24-25-37(39)30-18-22-33(23-19-30)41(6,7)8/h10,16-25,31,34,39,43H,9,11-15,26-28,42H2,1-8H3. The van der Waals surface area contributed by atoms with Gasteiger partial charge in [-0.3, -0.25) is 0 Å². The third kappa shape index (κ3) is 9.77. The smallest absolute Gasteiger partial charge is 0.331 e. The van der Waals surface area contributed by atoms with Crippen LogP contribution in [-0.2, 0) is 20.4 Å². The van der Waals surface area contributed by atoms with Crippen molar-refractivity contribution in [3.05, 3.63) is 94.6 Å². The molecule has 4 heteroatoms. The van der Waals surface area contributed by atoms with Gasteiger partial charge in [0.05, 0.1) is 6.61 Å². The normalized spacial score (nSPS) is 17.9. The summed E-state index contributed by atoms with van der Waals surface area (Å²) in [6.07, 6.45) is 13.2. The zero-order valence-corrected chi connectivity index (χ0v) is 29.3. The summed E-state index contributed by atoms with van der Waals surface area (Å²) in [4.78, 5) is 11.2. The highest BCUT2D eigenvalue weighted by Gasteiger charge is 2.36. The highest BCUT2D eigenvalue weighted by Crippen LogP contribution is 2.48. The summed E-state index contributed by atoms with van der Waals surface area (Å²) in [6, 6.07) is 18.4. The van der Waals surface area contributed by atoms with Gasteiger partial charge < -0.3 is 15.6 Å². The van der Waals surface area contributed by atoms with Gasteiger partial charge in [-0.05, 0) is 87.9 Å². The van der Waals surface area contributed by atoms with Crippen molar-refractivity contribution >= 4 is 17.1 Å². The summed E-state index contributed by atoms with van der Waals surface area (Å²) in [5.74, 6) is 0.487. The summed E-state index contributed by atoms with van der Waals surface area (Å²) < 4.78 is 5.02. The van der Waals surface area contributed by atoms with E-state index in [0.717, 1.165) is 38.5 Å². The Balaban J connectivity index is 1.94. The number of hydrogen-bond donors (Lipinski definition) is 2. The maximum absolute atomic E-state index is 11.2. The van der Waals surface area contributed by atoms with E-state index in [4.69, 9.17) is 15.6 Å². The summed E-state index contributed by atoms with van der Waals surface area (Å²) in [5, 5.41) is 8.84. The number of carbonyl (C=O) groups excluding carboxylic acids is 1. The quantitative estimate of drug-likeness (QED) is 0.164. The molecule has 0 aliphatic heterocycles. The number of rotatable bonds is 14. The van der Waals surface area contributed by atoms with E-state index in [0.29, 0.717) is 25.0 Å². The van der Waals surface area contributed by atoms with Crippen LogP contribution in [0.4, 0.5) is 0 Å². The van der Waals surface area contributed by atoms with Crippen LogP contribution >= 0.6 is 0 Å². The maximum Gasteiger partial charge on any atom is 0.331 e. The first-order chi connectivity index (χ1) is 21.3. The number of hydrogen-bond acceptors (Lipinski definition) is 4. The lowest BCUT2D eigenvalue weighted by Crippen LogP contribution is -2.32. The summed E-state index contributed by atoms with van der Waals surface area (Å²) >= 11 is 0. The first-order valence-electron chi connectivity index (χ1n) is 17.1. The lowest BCUT2D eigenvalue weighted by atomic mass is 9.65. The van der Waals surface area contributed by atoms with Crippen molar-refractivity contribution in [2.45, 2.75) is 105 Å². The molecule has 1 aliphatic rings. The van der Waals surface area contributed by atoms with Gasteiger partial charge >= 0.3 is 5.97 Å². The molecule has 3 rings (SSSR count). The molecular weight excluding hydrogens is 554 g/mol. The van der Waals surface area contributed by atoms with Gasteiger partial charge in [-0.25, -0.2) is 4.79 Å². The first kappa shape index (κ1) is 36.5. The minimum atomic E-state index is -0.553. The topological polar surface area (TPSA) is 72.5 Å². The first-order valence-corrected chi connectivity index (χ1v) is 17.1. The number of aliphatic hydroxyl groups excluding tert-OH is 1. The van der Waals surface area contributed by atoms with Gasteiger partial charge in [0.25, 0.3) is 0 Å². The van der Waals surface area contributed by atoms with Crippen molar-refractivity contribution in [3.8, 4) is 0 Å². The van der Waals surface area contributed by atoms with Crippen LogP contribution in [0.2, 0.25) is 0 Å². The lowest BCUT2D eigenvalue weighted by molar-refractivity contribution is -0.147. The molecule has 0 saturated carbocycles. The number of benzene rings is 2. The Morgan fingerprint density at radius 2 is 1.42 bits per heavy atom. The highest BCUT2D eigenvalue weighted by molar-refractivity contribution is 5.90. The number of ether oxygens (including phenoxy) is 1. The van der Waals surface area contributed by atoms with E-state index in [9.17, 15) is 4.79 Å². The van der Waals surface area contributed by atoms with Gasteiger partial charge in [0, 0.05) is 5.92 Å². The Bertz CT molecular complexity index is 1320. The SMILES string of the molecule is CC=C1C(c2ccc(C(C)(C)C)cc2)=CC=C(c2ccc(C(C)(C)C)cc2)C1C(CC)C(CN)CCCCCCOC(=O)CO. The third-order valence-corrected chi connectivity index (χ3v) is 9.54. The third-order valence-electron chi connectivity index (χ3n) is 9.54. The molecule has 3 unspecified atom stereocenters. The summed E-state index contributed by atoms with van der Waals surface area (Å²) in [5.41, 5.74) is 16.1. The summed E-state index contributed by atoms with van der Waals surface area (Å²) in [7, 11) is 0. The van der Waals surface area contributed by atoms with Crippen LogP contribution in [0.25, 0.3) is 11.1 Å². The van der Waals surface area contributed by atoms with Crippen LogP contribution in [-0.4, -0.2) is 30.8 Å². The lowest BCUT2D eigenvalue weighted by Gasteiger charge is -2.39. The van der Waals surface area contributed by atoms with E-state index in [1.807, 2.05) is 0 Å². The molecule has 4 nitrogen and oxygen atoms in total. The maximum atomic E-state index is 11.2. The second-order valence-corrected chi connectivity index (χ2v) is 14.7. The Morgan fingerprint density at radius 3 is 1.91 bits per heavy atom. The van der Waals surface area contributed by atoms with Crippen molar-refractivity contribution in [3.63, 3.8) is 0 Å². The van der Waals surface area contributed by atoms with Gasteiger partial charge in [-0.15, -0.1) is 0 Å². The molecule has 0 spiro atoms.